The summed E-state index contributed by atoms with van der Waals surface area (Å²) in [5.74, 6) is 0.926. The van der Waals surface area contributed by atoms with E-state index in [0.717, 1.165) is 23.5 Å². The van der Waals surface area contributed by atoms with E-state index in [9.17, 15) is 9.59 Å². The van der Waals surface area contributed by atoms with E-state index in [0.29, 0.717) is 29.1 Å². The molecule has 1 aliphatic carbocycles. The van der Waals surface area contributed by atoms with E-state index in [1.54, 1.807) is 37.3 Å². The first kappa shape index (κ1) is 21.0. The van der Waals surface area contributed by atoms with E-state index in [4.69, 9.17) is 9.47 Å². The van der Waals surface area contributed by atoms with Crippen LogP contribution in [0.25, 0.3) is 0 Å². The molecule has 0 bridgehead atoms. The summed E-state index contributed by atoms with van der Waals surface area (Å²) in [6.45, 7) is 6.13. The maximum Gasteiger partial charge on any atom is 0.259 e. The van der Waals surface area contributed by atoms with Gasteiger partial charge in [-0.05, 0) is 49.1 Å². The van der Waals surface area contributed by atoms with Crippen LogP contribution in [0.4, 0.5) is 11.4 Å². The highest BCUT2D eigenvalue weighted by molar-refractivity contribution is 6.12. The maximum absolute atomic E-state index is 13.8. The van der Waals surface area contributed by atoms with E-state index >= 15 is 0 Å². The molecule has 0 saturated carbocycles. The van der Waals surface area contributed by atoms with Gasteiger partial charge in [-0.2, -0.15) is 0 Å². The molecule has 0 fully saturated rings. The zero-order valence-electron chi connectivity index (χ0n) is 18.6. The highest BCUT2D eigenvalue weighted by Crippen LogP contribution is 2.44. The minimum atomic E-state index is -0.407. The van der Waals surface area contributed by atoms with Crippen LogP contribution in [0.15, 0.2) is 53.7 Å². The quantitative estimate of drug-likeness (QED) is 0.772. The Bertz CT molecular complexity index is 1090. The minimum Gasteiger partial charge on any atom is -0.493 e. The number of nitrogens with zero attached hydrogens (tertiary/aromatic N) is 1. The SMILES string of the molecule is COc1ccc(C(=O)N2c3ccccc3NC3=C(C(=O)CC(C)(C)C3)[C@@H]2C)cc1OC. The number of amides is 1. The second kappa shape index (κ2) is 7.76. The van der Waals surface area contributed by atoms with Crippen molar-refractivity contribution in [2.75, 3.05) is 24.4 Å². The number of rotatable bonds is 3. The van der Waals surface area contributed by atoms with E-state index in [1.807, 2.05) is 31.2 Å². The molecular formula is C25H28N2O4. The number of nitrogens with one attached hydrogen (secondary N) is 1. The molecule has 162 valence electrons. The van der Waals surface area contributed by atoms with Crippen molar-refractivity contribution in [3.05, 3.63) is 59.3 Å². The third-order valence-electron chi connectivity index (χ3n) is 6.02. The number of carbonyl (C=O) groups is 2. The highest BCUT2D eigenvalue weighted by atomic mass is 16.5. The number of ketones is 1. The molecule has 31 heavy (non-hydrogen) atoms. The Morgan fingerprint density at radius 3 is 2.48 bits per heavy atom. The standard InChI is InChI=1S/C25H28N2O4/c1-15-23-18(13-25(2,3)14-20(23)28)26-17-8-6-7-9-19(17)27(15)24(29)16-10-11-21(30-4)22(12-16)31-5/h6-12,15,26H,13-14H2,1-5H3/t15-/m0/s1. The Morgan fingerprint density at radius 1 is 1.06 bits per heavy atom. The molecule has 1 N–H and O–H groups in total. The number of benzene rings is 2. The predicted octanol–water partition coefficient (Wildman–Crippen LogP) is 4.81. The number of anilines is 2. The monoisotopic (exact) mass is 420 g/mol. The number of ether oxygens (including phenoxy) is 2. The van der Waals surface area contributed by atoms with Gasteiger partial charge in [-0.25, -0.2) is 0 Å². The van der Waals surface area contributed by atoms with Gasteiger partial charge in [0, 0.05) is 23.3 Å². The first-order valence-electron chi connectivity index (χ1n) is 10.4. The largest absolute Gasteiger partial charge is 0.493 e. The van der Waals surface area contributed by atoms with Crippen LogP contribution in [0, 0.1) is 5.41 Å². The van der Waals surface area contributed by atoms with Gasteiger partial charge in [0.25, 0.3) is 5.91 Å². The molecule has 6 nitrogen and oxygen atoms in total. The Labute approximate surface area is 182 Å². The molecule has 2 aromatic rings. The molecule has 0 aromatic heterocycles. The Kier molecular flexibility index (Phi) is 5.25. The second-order valence-electron chi connectivity index (χ2n) is 8.90. The smallest absolute Gasteiger partial charge is 0.259 e. The average Bonchev–Trinajstić information content (AvgIpc) is 2.85. The van der Waals surface area contributed by atoms with Gasteiger partial charge in [-0.15, -0.1) is 0 Å². The summed E-state index contributed by atoms with van der Waals surface area (Å²) in [7, 11) is 3.10. The summed E-state index contributed by atoms with van der Waals surface area (Å²) in [5, 5.41) is 3.48. The van der Waals surface area contributed by atoms with Crippen molar-refractivity contribution in [3.8, 4) is 11.5 Å². The van der Waals surface area contributed by atoms with E-state index in [-0.39, 0.29) is 17.1 Å². The predicted molar refractivity (Wildman–Crippen MR) is 121 cm³/mol. The molecule has 4 rings (SSSR count). The number of methoxy groups -OCH3 is 2. The van der Waals surface area contributed by atoms with Gasteiger partial charge >= 0.3 is 0 Å². The fourth-order valence-electron chi connectivity index (χ4n) is 4.61. The van der Waals surface area contributed by atoms with Crippen molar-refractivity contribution in [1.29, 1.82) is 0 Å². The lowest BCUT2D eigenvalue weighted by Gasteiger charge is -2.35. The zero-order chi connectivity index (χ0) is 22.3. The van der Waals surface area contributed by atoms with E-state index in [2.05, 4.69) is 19.2 Å². The molecule has 1 amide bonds. The number of hydrogen-bond acceptors (Lipinski definition) is 5. The Balaban J connectivity index is 1.84. The van der Waals surface area contributed by atoms with Crippen molar-refractivity contribution in [2.24, 2.45) is 5.41 Å². The summed E-state index contributed by atoms with van der Waals surface area (Å²) < 4.78 is 10.7. The molecule has 2 aromatic carbocycles. The van der Waals surface area contributed by atoms with Crippen molar-refractivity contribution in [1.82, 2.24) is 0 Å². The Hall–Kier alpha value is -3.28. The third kappa shape index (κ3) is 3.67. The van der Waals surface area contributed by atoms with Gasteiger partial charge in [0.05, 0.1) is 31.6 Å². The number of fused-ring (bicyclic) bond motifs is 1. The van der Waals surface area contributed by atoms with Crippen LogP contribution in [0.2, 0.25) is 0 Å². The number of hydrogen-bond donors (Lipinski definition) is 1. The Morgan fingerprint density at radius 2 is 1.77 bits per heavy atom. The van der Waals surface area contributed by atoms with Crippen molar-refractivity contribution >= 4 is 23.1 Å². The molecule has 1 aliphatic heterocycles. The van der Waals surface area contributed by atoms with Crippen molar-refractivity contribution < 1.29 is 19.1 Å². The summed E-state index contributed by atoms with van der Waals surface area (Å²) >= 11 is 0. The molecule has 0 saturated heterocycles. The fourth-order valence-corrected chi connectivity index (χ4v) is 4.61. The number of carbonyl (C=O) groups excluding carboxylic acids is 2. The van der Waals surface area contributed by atoms with Gasteiger partial charge in [-0.1, -0.05) is 26.0 Å². The summed E-state index contributed by atoms with van der Waals surface area (Å²) in [5.41, 5.74) is 3.49. The van der Waals surface area contributed by atoms with Gasteiger partial charge < -0.3 is 14.8 Å². The topological polar surface area (TPSA) is 67.9 Å². The van der Waals surface area contributed by atoms with E-state index in [1.165, 1.54) is 0 Å². The number of Topliss-reactive ketones (excluding diaryl/α,β-unsaturated/α-hetero) is 1. The van der Waals surface area contributed by atoms with Crippen LogP contribution in [-0.2, 0) is 4.79 Å². The molecule has 0 radical (unpaired) electrons. The molecule has 6 heteroatoms. The first-order valence-corrected chi connectivity index (χ1v) is 10.4. The average molecular weight is 421 g/mol. The second-order valence-corrected chi connectivity index (χ2v) is 8.90. The van der Waals surface area contributed by atoms with Gasteiger partial charge in [0.1, 0.15) is 0 Å². The van der Waals surface area contributed by atoms with Crippen LogP contribution in [-0.4, -0.2) is 32.0 Å². The molecule has 0 spiro atoms. The summed E-state index contributed by atoms with van der Waals surface area (Å²) in [4.78, 5) is 28.7. The minimum absolute atomic E-state index is 0.0872. The van der Waals surface area contributed by atoms with Crippen LogP contribution >= 0.6 is 0 Å². The fraction of sp³-hybridized carbons (Fsp3) is 0.360. The van der Waals surface area contributed by atoms with Crippen molar-refractivity contribution in [2.45, 2.75) is 39.7 Å². The van der Waals surface area contributed by atoms with Gasteiger partial charge in [0.2, 0.25) is 0 Å². The molecule has 2 aliphatic rings. The van der Waals surface area contributed by atoms with Crippen molar-refractivity contribution in [3.63, 3.8) is 0 Å². The zero-order valence-corrected chi connectivity index (χ0v) is 18.6. The van der Waals surface area contributed by atoms with Crippen LogP contribution in [0.3, 0.4) is 0 Å². The molecular weight excluding hydrogens is 392 g/mol. The number of allylic oxidation sites excluding steroid dienone is 1. The normalized spacial score (nSPS) is 19.7. The molecule has 1 atom stereocenters. The summed E-state index contributed by atoms with van der Waals surface area (Å²) in [6, 6.07) is 12.4. The number of para-hydroxylation sites is 2. The van der Waals surface area contributed by atoms with Crippen LogP contribution in [0.1, 0.15) is 44.0 Å². The summed E-state index contributed by atoms with van der Waals surface area (Å²) in [6.07, 6.45) is 1.22. The van der Waals surface area contributed by atoms with Gasteiger partial charge in [-0.3, -0.25) is 14.5 Å². The van der Waals surface area contributed by atoms with E-state index < -0.39 is 6.04 Å². The third-order valence-corrected chi connectivity index (χ3v) is 6.02. The molecule has 0 unspecified atom stereocenters. The van der Waals surface area contributed by atoms with Crippen LogP contribution in [0.5, 0.6) is 11.5 Å². The lowest BCUT2D eigenvalue weighted by molar-refractivity contribution is -0.118. The molecule has 1 heterocycles. The highest BCUT2D eigenvalue weighted by Gasteiger charge is 2.40. The maximum atomic E-state index is 13.8. The first-order chi connectivity index (χ1) is 14.8. The lowest BCUT2D eigenvalue weighted by Crippen LogP contribution is -2.43. The lowest BCUT2D eigenvalue weighted by atomic mass is 9.74. The van der Waals surface area contributed by atoms with Crippen LogP contribution < -0.4 is 19.7 Å². The van der Waals surface area contributed by atoms with Gasteiger partial charge in [0.15, 0.2) is 17.3 Å².